The van der Waals surface area contributed by atoms with E-state index in [4.69, 9.17) is 9.47 Å². The molecule has 7 nitrogen and oxygen atoms in total. The molecule has 7 heteroatoms. The van der Waals surface area contributed by atoms with Crippen molar-refractivity contribution in [1.29, 1.82) is 0 Å². The summed E-state index contributed by atoms with van der Waals surface area (Å²) in [6.45, 7) is 4.58. The van der Waals surface area contributed by atoms with E-state index in [-0.39, 0.29) is 12.6 Å². The highest BCUT2D eigenvalue weighted by atomic mass is 16.5. The zero-order valence-electron chi connectivity index (χ0n) is 16.3. The molecule has 0 saturated heterocycles. The number of ether oxygens (including phenoxy) is 2. The van der Waals surface area contributed by atoms with E-state index in [2.05, 4.69) is 15.4 Å². The van der Waals surface area contributed by atoms with Gasteiger partial charge in [-0.25, -0.2) is 9.48 Å². The predicted octanol–water partition coefficient (Wildman–Crippen LogP) is 3.71. The number of benzene rings is 2. The summed E-state index contributed by atoms with van der Waals surface area (Å²) >= 11 is 0. The van der Waals surface area contributed by atoms with Crippen molar-refractivity contribution in [3.05, 3.63) is 83.3 Å². The molecule has 0 spiro atoms. The summed E-state index contributed by atoms with van der Waals surface area (Å²) in [5.74, 6) is 0.970. The van der Waals surface area contributed by atoms with Gasteiger partial charge in [-0.3, -0.25) is 0 Å². The summed E-state index contributed by atoms with van der Waals surface area (Å²) in [5.41, 5.74) is 3.03. The Kier molecular flexibility index (Phi) is 5.29. The van der Waals surface area contributed by atoms with Crippen LogP contribution in [0.25, 0.3) is 0 Å². The van der Waals surface area contributed by atoms with Gasteiger partial charge in [0.2, 0.25) is 5.95 Å². The molecule has 4 rings (SSSR count). The summed E-state index contributed by atoms with van der Waals surface area (Å²) in [6, 6.07) is 16.8. The normalized spacial score (nSPS) is 15.4. The Hall–Kier alpha value is -3.61. The fourth-order valence-corrected chi connectivity index (χ4v) is 3.38. The van der Waals surface area contributed by atoms with Gasteiger partial charge in [0.1, 0.15) is 24.7 Å². The molecule has 148 valence electrons. The first-order valence-corrected chi connectivity index (χ1v) is 9.48. The number of carbonyl (C=O) groups is 1. The minimum absolute atomic E-state index is 0.205. The second-order valence-electron chi connectivity index (χ2n) is 6.66. The lowest BCUT2D eigenvalue weighted by molar-refractivity contribution is -0.140. The van der Waals surface area contributed by atoms with Gasteiger partial charge >= 0.3 is 5.97 Å². The van der Waals surface area contributed by atoms with Crippen LogP contribution in [-0.2, 0) is 16.1 Å². The van der Waals surface area contributed by atoms with Crippen LogP contribution in [0.2, 0.25) is 0 Å². The van der Waals surface area contributed by atoms with Gasteiger partial charge in [-0.15, -0.1) is 0 Å². The van der Waals surface area contributed by atoms with Crippen molar-refractivity contribution in [1.82, 2.24) is 14.8 Å². The van der Waals surface area contributed by atoms with Crippen LogP contribution in [0.4, 0.5) is 5.95 Å². The maximum absolute atomic E-state index is 13.1. The van der Waals surface area contributed by atoms with Crippen molar-refractivity contribution in [3.8, 4) is 5.75 Å². The lowest BCUT2D eigenvalue weighted by Crippen LogP contribution is -2.29. The Morgan fingerprint density at radius 2 is 1.90 bits per heavy atom. The minimum atomic E-state index is -0.437. The van der Waals surface area contributed by atoms with E-state index in [1.54, 1.807) is 4.68 Å². The van der Waals surface area contributed by atoms with Crippen molar-refractivity contribution in [3.63, 3.8) is 0 Å². The third kappa shape index (κ3) is 3.85. The van der Waals surface area contributed by atoms with E-state index in [0.717, 1.165) is 16.9 Å². The summed E-state index contributed by atoms with van der Waals surface area (Å²) in [7, 11) is 0. The maximum atomic E-state index is 13.1. The second-order valence-corrected chi connectivity index (χ2v) is 6.66. The van der Waals surface area contributed by atoms with Gasteiger partial charge in [0.15, 0.2) is 0 Å². The molecule has 29 heavy (non-hydrogen) atoms. The van der Waals surface area contributed by atoms with E-state index in [1.807, 2.05) is 68.4 Å². The number of aromatic nitrogens is 3. The molecule has 1 aliphatic rings. The number of nitrogens with one attached hydrogen (secondary N) is 1. The van der Waals surface area contributed by atoms with Crippen LogP contribution < -0.4 is 10.1 Å². The third-order valence-corrected chi connectivity index (χ3v) is 4.73. The molecule has 2 heterocycles. The van der Waals surface area contributed by atoms with Gasteiger partial charge in [-0.2, -0.15) is 10.1 Å². The van der Waals surface area contributed by atoms with Crippen molar-refractivity contribution in [2.24, 2.45) is 0 Å². The van der Waals surface area contributed by atoms with Crippen LogP contribution in [0.3, 0.4) is 0 Å². The van der Waals surface area contributed by atoms with Crippen LogP contribution in [0, 0.1) is 0 Å². The predicted molar refractivity (Wildman–Crippen MR) is 108 cm³/mol. The highest BCUT2D eigenvalue weighted by Crippen LogP contribution is 2.35. The van der Waals surface area contributed by atoms with Crippen LogP contribution in [0.1, 0.15) is 31.0 Å². The molecular weight excluding hydrogens is 368 g/mol. The zero-order valence-corrected chi connectivity index (χ0v) is 16.3. The number of allylic oxidation sites excluding steroid dienone is 1. The van der Waals surface area contributed by atoms with E-state index >= 15 is 0 Å². The highest BCUT2D eigenvalue weighted by molar-refractivity contribution is 5.92. The minimum Gasteiger partial charge on any atom is -0.494 e. The molecule has 0 amide bonds. The van der Waals surface area contributed by atoms with E-state index in [1.165, 1.54) is 6.33 Å². The second kappa shape index (κ2) is 8.18. The number of hydrogen-bond acceptors (Lipinski definition) is 6. The van der Waals surface area contributed by atoms with E-state index in [9.17, 15) is 4.79 Å². The largest absolute Gasteiger partial charge is 0.494 e. The number of rotatable bonds is 6. The topological polar surface area (TPSA) is 78.3 Å². The molecular formula is C22H22N4O3. The molecule has 2 aromatic carbocycles. The molecule has 1 N–H and O–H groups in total. The maximum Gasteiger partial charge on any atom is 0.338 e. The number of nitrogens with zero attached hydrogens (tertiary/aromatic N) is 3. The molecule has 0 radical (unpaired) electrons. The van der Waals surface area contributed by atoms with Crippen molar-refractivity contribution >= 4 is 11.9 Å². The summed E-state index contributed by atoms with van der Waals surface area (Å²) in [6.07, 6.45) is 1.47. The summed E-state index contributed by atoms with van der Waals surface area (Å²) < 4.78 is 12.9. The smallest absolute Gasteiger partial charge is 0.338 e. The van der Waals surface area contributed by atoms with Crippen molar-refractivity contribution in [2.75, 3.05) is 11.9 Å². The fraction of sp³-hybridized carbons (Fsp3) is 0.227. The van der Waals surface area contributed by atoms with Gasteiger partial charge in [0.05, 0.1) is 12.2 Å². The Morgan fingerprint density at radius 3 is 2.62 bits per heavy atom. The highest BCUT2D eigenvalue weighted by Gasteiger charge is 2.34. The average Bonchev–Trinajstić information content (AvgIpc) is 3.20. The third-order valence-electron chi connectivity index (χ3n) is 4.73. The Labute approximate surface area is 169 Å². The molecule has 0 bridgehead atoms. The van der Waals surface area contributed by atoms with Crippen LogP contribution >= 0.6 is 0 Å². The summed E-state index contributed by atoms with van der Waals surface area (Å²) in [5, 5.41) is 7.47. The van der Waals surface area contributed by atoms with Gasteiger partial charge in [0.25, 0.3) is 0 Å². The SMILES string of the molecule is CCOc1ccc([C@H]2C(C(=O)OCc3ccccc3)=C(C)Nc3ncnn32)cc1. The van der Waals surface area contributed by atoms with Gasteiger partial charge in [0, 0.05) is 5.70 Å². The zero-order chi connectivity index (χ0) is 20.2. The Morgan fingerprint density at radius 1 is 1.14 bits per heavy atom. The molecule has 1 atom stereocenters. The molecule has 1 aliphatic heterocycles. The van der Waals surface area contributed by atoms with Crippen molar-refractivity contribution in [2.45, 2.75) is 26.5 Å². The number of carbonyl (C=O) groups excluding carboxylic acids is 1. The number of fused-ring (bicyclic) bond motifs is 1. The van der Waals surface area contributed by atoms with E-state index in [0.29, 0.717) is 23.8 Å². The number of hydrogen-bond donors (Lipinski definition) is 1. The molecule has 0 aliphatic carbocycles. The lowest BCUT2D eigenvalue weighted by atomic mass is 9.95. The monoisotopic (exact) mass is 390 g/mol. The first-order valence-electron chi connectivity index (χ1n) is 9.48. The van der Waals surface area contributed by atoms with Crippen LogP contribution in [0.15, 0.2) is 72.2 Å². The van der Waals surface area contributed by atoms with Crippen LogP contribution in [-0.4, -0.2) is 27.3 Å². The molecule has 0 fully saturated rings. The Balaban J connectivity index is 1.65. The fourth-order valence-electron chi connectivity index (χ4n) is 3.38. The lowest BCUT2D eigenvalue weighted by Gasteiger charge is -2.28. The standard InChI is InChI=1S/C22H22N4O3/c1-3-28-18-11-9-17(10-12-18)20-19(15(2)25-22-23-14-24-26(20)22)21(27)29-13-16-7-5-4-6-8-16/h4-12,14,20H,3,13H2,1-2H3,(H,23,24,25)/t20-/m0/s1. The van der Waals surface area contributed by atoms with Gasteiger partial charge in [-0.05, 0) is 37.1 Å². The first-order chi connectivity index (χ1) is 14.2. The Bertz CT molecular complexity index is 1030. The molecule has 0 saturated carbocycles. The number of esters is 1. The van der Waals surface area contributed by atoms with E-state index < -0.39 is 6.04 Å². The molecule has 1 aromatic heterocycles. The van der Waals surface area contributed by atoms with Crippen LogP contribution in [0.5, 0.6) is 5.75 Å². The number of anilines is 1. The average molecular weight is 390 g/mol. The molecule has 3 aromatic rings. The first kappa shape index (κ1) is 18.7. The molecule has 0 unspecified atom stereocenters. The quantitative estimate of drug-likeness (QED) is 0.647. The van der Waals surface area contributed by atoms with Crippen molar-refractivity contribution < 1.29 is 14.3 Å². The summed E-state index contributed by atoms with van der Waals surface area (Å²) in [4.78, 5) is 17.3. The van der Waals surface area contributed by atoms with Gasteiger partial charge in [-0.1, -0.05) is 42.5 Å². The van der Waals surface area contributed by atoms with Gasteiger partial charge < -0.3 is 14.8 Å².